The van der Waals surface area contributed by atoms with Gasteiger partial charge in [-0.2, -0.15) is 0 Å². The Labute approximate surface area is 67.0 Å². The molecule has 1 rings (SSSR count). The number of amides is 1. The van der Waals surface area contributed by atoms with Gasteiger partial charge >= 0.3 is 0 Å². The van der Waals surface area contributed by atoms with Crippen LogP contribution in [0.3, 0.4) is 0 Å². The Morgan fingerprint density at radius 3 is 2.64 bits per heavy atom. The van der Waals surface area contributed by atoms with Gasteiger partial charge in [-0.05, 0) is 6.07 Å². The van der Waals surface area contributed by atoms with Gasteiger partial charge in [-0.25, -0.2) is 0 Å². The maximum absolute atomic E-state index is 10.7. The average molecular weight is 173 g/mol. The SMILES string of the molecule is NC(=O)c1cc(Cl)[nH]c(=O)c1. The molecule has 3 N–H and O–H groups in total. The molecule has 0 aliphatic rings. The minimum absolute atomic E-state index is 0.103. The smallest absolute Gasteiger partial charge is 0.249 e. The fraction of sp³-hybridized carbons (Fsp3) is 0. The fourth-order valence-electron chi connectivity index (χ4n) is 0.652. The van der Waals surface area contributed by atoms with Crippen LogP contribution >= 0.6 is 11.6 Å². The summed E-state index contributed by atoms with van der Waals surface area (Å²) in [5.74, 6) is -0.669. The number of hydrogen-bond acceptors (Lipinski definition) is 2. The summed E-state index contributed by atoms with van der Waals surface area (Å²) in [6.45, 7) is 0. The van der Waals surface area contributed by atoms with Crippen molar-refractivity contribution in [2.45, 2.75) is 0 Å². The van der Waals surface area contributed by atoms with Crippen LogP contribution in [-0.4, -0.2) is 10.9 Å². The molecule has 0 unspecified atom stereocenters. The van der Waals surface area contributed by atoms with Crippen molar-refractivity contribution in [2.75, 3.05) is 0 Å². The van der Waals surface area contributed by atoms with E-state index < -0.39 is 11.5 Å². The van der Waals surface area contributed by atoms with E-state index >= 15 is 0 Å². The van der Waals surface area contributed by atoms with Crippen LogP contribution in [0.25, 0.3) is 0 Å². The Balaban J connectivity index is 3.30. The topological polar surface area (TPSA) is 76.0 Å². The Bertz CT molecular complexity index is 345. The van der Waals surface area contributed by atoms with E-state index in [2.05, 4.69) is 4.98 Å². The molecule has 1 aromatic heterocycles. The van der Waals surface area contributed by atoms with Gasteiger partial charge in [0.05, 0.1) is 0 Å². The number of hydrogen-bond donors (Lipinski definition) is 2. The number of primary amides is 1. The molecular formula is C6H5ClN2O2. The van der Waals surface area contributed by atoms with Crippen molar-refractivity contribution in [1.82, 2.24) is 4.98 Å². The maximum atomic E-state index is 10.7. The number of pyridine rings is 1. The summed E-state index contributed by atoms with van der Waals surface area (Å²) in [5, 5.41) is 0.103. The van der Waals surface area contributed by atoms with Crippen LogP contribution in [0.5, 0.6) is 0 Å². The van der Waals surface area contributed by atoms with Crippen molar-refractivity contribution in [3.05, 3.63) is 33.2 Å². The van der Waals surface area contributed by atoms with E-state index in [1.165, 1.54) is 6.07 Å². The van der Waals surface area contributed by atoms with E-state index in [0.717, 1.165) is 6.07 Å². The summed E-state index contributed by atoms with van der Waals surface area (Å²) < 4.78 is 0. The molecule has 5 heteroatoms. The zero-order chi connectivity index (χ0) is 8.43. The number of nitrogens with one attached hydrogen (secondary N) is 1. The van der Waals surface area contributed by atoms with E-state index in [9.17, 15) is 9.59 Å². The van der Waals surface area contributed by atoms with Crippen molar-refractivity contribution in [3.8, 4) is 0 Å². The molecule has 0 aromatic carbocycles. The highest BCUT2D eigenvalue weighted by Gasteiger charge is 2.01. The Morgan fingerprint density at radius 1 is 1.55 bits per heavy atom. The van der Waals surface area contributed by atoms with Crippen LogP contribution in [0, 0.1) is 0 Å². The van der Waals surface area contributed by atoms with Crippen LogP contribution < -0.4 is 11.3 Å². The van der Waals surface area contributed by atoms with Crippen molar-refractivity contribution in [3.63, 3.8) is 0 Å². The first-order valence-corrected chi connectivity index (χ1v) is 3.17. The first-order valence-electron chi connectivity index (χ1n) is 2.79. The molecular weight excluding hydrogens is 168 g/mol. The molecule has 1 heterocycles. The van der Waals surface area contributed by atoms with Gasteiger partial charge in [-0.3, -0.25) is 9.59 Å². The normalized spacial score (nSPS) is 9.55. The number of halogens is 1. The highest BCUT2D eigenvalue weighted by Crippen LogP contribution is 2.02. The first kappa shape index (κ1) is 7.81. The summed E-state index contributed by atoms with van der Waals surface area (Å²) in [6.07, 6.45) is 0. The Hall–Kier alpha value is -1.29. The van der Waals surface area contributed by atoms with Crippen molar-refractivity contribution >= 4 is 17.5 Å². The largest absolute Gasteiger partial charge is 0.366 e. The summed E-state index contributed by atoms with van der Waals surface area (Å²) in [6, 6.07) is 2.39. The second-order valence-electron chi connectivity index (χ2n) is 1.95. The lowest BCUT2D eigenvalue weighted by atomic mass is 10.2. The lowest BCUT2D eigenvalue weighted by Gasteiger charge is -1.93. The summed E-state index contributed by atoms with van der Waals surface area (Å²) in [4.78, 5) is 23.5. The molecule has 0 fully saturated rings. The number of nitrogens with two attached hydrogens (primary N) is 1. The third-order valence-electron chi connectivity index (χ3n) is 1.10. The molecule has 11 heavy (non-hydrogen) atoms. The van der Waals surface area contributed by atoms with E-state index in [1.807, 2.05) is 0 Å². The summed E-state index contributed by atoms with van der Waals surface area (Å²) in [5.41, 5.74) is 4.57. The standard InChI is InChI=1S/C6H5ClN2O2/c7-4-1-3(6(8)11)2-5(10)9-4/h1-2H,(H2,8,11)(H,9,10). The minimum atomic E-state index is -0.669. The van der Waals surface area contributed by atoms with Gasteiger partial charge in [-0.1, -0.05) is 11.6 Å². The quantitative estimate of drug-likeness (QED) is 0.591. The van der Waals surface area contributed by atoms with Crippen LogP contribution in [0.15, 0.2) is 16.9 Å². The van der Waals surface area contributed by atoms with Gasteiger partial charge < -0.3 is 10.7 Å². The van der Waals surface area contributed by atoms with Gasteiger partial charge in [-0.15, -0.1) is 0 Å². The fourth-order valence-corrected chi connectivity index (χ4v) is 0.862. The van der Waals surface area contributed by atoms with Crippen LogP contribution in [-0.2, 0) is 0 Å². The number of carbonyl (C=O) groups is 1. The molecule has 0 spiro atoms. The van der Waals surface area contributed by atoms with Crippen molar-refractivity contribution in [2.24, 2.45) is 5.73 Å². The molecule has 0 bridgehead atoms. The molecule has 0 aliphatic carbocycles. The molecule has 1 amide bonds. The number of H-pyrrole nitrogens is 1. The second kappa shape index (κ2) is 2.75. The predicted octanol–water partition coefficient (Wildman–Crippen LogP) is 0.127. The van der Waals surface area contributed by atoms with Gasteiger partial charge in [0.25, 0.3) is 0 Å². The van der Waals surface area contributed by atoms with Crippen LogP contribution in [0.1, 0.15) is 10.4 Å². The summed E-state index contributed by atoms with van der Waals surface area (Å²) in [7, 11) is 0. The molecule has 0 saturated carbocycles. The molecule has 0 atom stereocenters. The Kier molecular flexibility index (Phi) is 1.96. The lowest BCUT2D eigenvalue weighted by Crippen LogP contribution is -2.15. The van der Waals surface area contributed by atoms with Gasteiger partial charge in [0.15, 0.2) is 0 Å². The maximum Gasteiger partial charge on any atom is 0.249 e. The van der Waals surface area contributed by atoms with Gasteiger partial charge in [0.1, 0.15) is 5.15 Å². The third-order valence-corrected chi connectivity index (χ3v) is 1.30. The van der Waals surface area contributed by atoms with Crippen molar-refractivity contribution < 1.29 is 4.79 Å². The van der Waals surface area contributed by atoms with Crippen LogP contribution in [0.2, 0.25) is 5.15 Å². The molecule has 58 valence electrons. The van der Waals surface area contributed by atoms with Gasteiger partial charge in [0.2, 0.25) is 11.5 Å². The van der Waals surface area contributed by atoms with Crippen LogP contribution in [0.4, 0.5) is 0 Å². The zero-order valence-corrected chi connectivity index (χ0v) is 6.18. The minimum Gasteiger partial charge on any atom is -0.366 e. The Morgan fingerprint density at radius 2 is 2.18 bits per heavy atom. The number of aromatic amines is 1. The number of rotatable bonds is 1. The second-order valence-corrected chi connectivity index (χ2v) is 2.35. The zero-order valence-electron chi connectivity index (χ0n) is 5.43. The summed E-state index contributed by atoms with van der Waals surface area (Å²) >= 11 is 5.43. The molecule has 1 aromatic rings. The lowest BCUT2D eigenvalue weighted by molar-refractivity contribution is 0.1000. The number of aromatic nitrogens is 1. The molecule has 4 nitrogen and oxygen atoms in total. The monoisotopic (exact) mass is 172 g/mol. The predicted molar refractivity (Wildman–Crippen MR) is 40.6 cm³/mol. The van der Waals surface area contributed by atoms with E-state index in [-0.39, 0.29) is 10.7 Å². The average Bonchev–Trinajstić information content (AvgIpc) is 1.85. The van der Waals surface area contributed by atoms with E-state index in [1.54, 1.807) is 0 Å². The first-order chi connectivity index (χ1) is 5.09. The molecule has 0 aliphatic heterocycles. The van der Waals surface area contributed by atoms with Gasteiger partial charge in [0, 0.05) is 11.6 Å². The molecule has 0 saturated heterocycles. The third kappa shape index (κ3) is 1.81. The number of carbonyl (C=O) groups excluding carboxylic acids is 1. The highest BCUT2D eigenvalue weighted by atomic mass is 35.5. The van der Waals surface area contributed by atoms with E-state index in [0.29, 0.717) is 0 Å². The molecule has 0 radical (unpaired) electrons. The highest BCUT2D eigenvalue weighted by molar-refractivity contribution is 6.29. The van der Waals surface area contributed by atoms with E-state index in [4.69, 9.17) is 17.3 Å². The van der Waals surface area contributed by atoms with Crippen molar-refractivity contribution in [1.29, 1.82) is 0 Å².